The van der Waals surface area contributed by atoms with Crippen LogP contribution in [-0.4, -0.2) is 44.7 Å². The molecule has 10 heteroatoms. The lowest BCUT2D eigenvalue weighted by Gasteiger charge is -2.13. The summed E-state index contributed by atoms with van der Waals surface area (Å²) in [4.78, 5) is 22.3. The molecule has 3 heterocycles. The molecule has 3 N–H and O–H groups in total. The number of carbonyl (C=O) groups excluding carboxylic acids is 1. The van der Waals surface area contributed by atoms with Crippen molar-refractivity contribution in [2.75, 3.05) is 24.9 Å². The molecule has 0 spiro atoms. The van der Waals surface area contributed by atoms with Gasteiger partial charge in [0.15, 0.2) is 23.0 Å². The number of hydrogen-bond donors (Lipinski definition) is 3. The highest BCUT2D eigenvalue weighted by Gasteiger charge is 2.14. The Labute approximate surface area is 217 Å². The van der Waals surface area contributed by atoms with E-state index in [4.69, 9.17) is 14.5 Å². The van der Waals surface area contributed by atoms with E-state index in [1.807, 2.05) is 71.4 Å². The van der Waals surface area contributed by atoms with Crippen LogP contribution in [0, 0.1) is 0 Å². The molecule has 0 atom stereocenters. The first-order valence-corrected chi connectivity index (χ1v) is 11.8. The van der Waals surface area contributed by atoms with E-state index in [1.165, 1.54) is 0 Å². The quantitative estimate of drug-likeness (QED) is 0.270. The Morgan fingerprint density at radius 2 is 1.84 bits per heavy atom. The first-order chi connectivity index (χ1) is 18.6. The lowest BCUT2D eigenvalue weighted by Crippen LogP contribution is -2.12. The Morgan fingerprint density at radius 3 is 2.71 bits per heavy atom. The van der Waals surface area contributed by atoms with Crippen LogP contribution in [0.2, 0.25) is 0 Å². The molecular formula is C28H23N7O3. The van der Waals surface area contributed by atoms with Crippen LogP contribution in [0.15, 0.2) is 85.5 Å². The van der Waals surface area contributed by atoms with E-state index >= 15 is 0 Å². The van der Waals surface area contributed by atoms with Crippen molar-refractivity contribution in [1.82, 2.24) is 24.6 Å². The zero-order chi connectivity index (χ0) is 26.1. The molecule has 0 bridgehead atoms. The number of nitrogens with one attached hydrogen (secondary N) is 3. The number of methoxy groups -OCH3 is 2. The molecule has 3 aromatic carbocycles. The second kappa shape index (κ2) is 9.58. The summed E-state index contributed by atoms with van der Waals surface area (Å²) in [5.41, 5.74) is 4.92. The van der Waals surface area contributed by atoms with Crippen molar-refractivity contribution < 1.29 is 14.3 Å². The van der Waals surface area contributed by atoms with Crippen LogP contribution in [0.25, 0.3) is 27.8 Å². The van der Waals surface area contributed by atoms with E-state index in [0.29, 0.717) is 39.9 Å². The molecule has 6 rings (SSSR count). The molecule has 0 aliphatic rings. The van der Waals surface area contributed by atoms with E-state index in [-0.39, 0.29) is 5.91 Å². The van der Waals surface area contributed by atoms with Crippen molar-refractivity contribution in [3.8, 4) is 22.8 Å². The number of benzene rings is 3. The number of amides is 1. The predicted octanol–water partition coefficient (Wildman–Crippen LogP) is 5.29. The van der Waals surface area contributed by atoms with Crippen LogP contribution in [-0.2, 0) is 0 Å². The van der Waals surface area contributed by atoms with Gasteiger partial charge >= 0.3 is 0 Å². The monoisotopic (exact) mass is 505 g/mol. The molecular weight excluding hydrogens is 482 g/mol. The SMILES string of the molecule is COc1ccc(Nc2nc(-c3cccc(C(=O)Nc4ccc5cn[nH]c5c4)c3)cn3ccnc23)cc1OC. The van der Waals surface area contributed by atoms with Crippen LogP contribution in [0.1, 0.15) is 10.4 Å². The lowest BCUT2D eigenvalue weighted by molar-refractivity contribution is 0.102. The molecule has 0 unspecified atom stereocenters. The van der Waals surface area contributed by atoms with Gasteiger partial charge in [-0.1, -0.05) is 12.1 Å². The number of H-pyrrole nitrogens is 1. The van der Waals surface area contributed by atoms with E-state index in [2.05, 4.69) is 25.8 Å². The largest absolute Gasteiger partial charge is 0.493 e. The zero-order valence-electron chi connectivity index (χ0n) is 20.6. The van der Waals surface area contributed by atoms with Gasteiger partial charge in [-0.05, 0) is 42.5 Å². The van der Waals surface area contributed by atoms with Crippen LogP contribution < -0.4 is 20.1 Å². The van der Waals surface area contributed by atoms with E-state index in [1.54, 1.807) is 32.7 Å². The normalized spacial score (nSPS) is 11.0. The highest BCUT2D eigenvalue weighted by atomic mass is 16.5. The molecule has 0 radical (unpaired) electrons. The van der Waals surface area contributed by atoms with Gasteiger partial charge in [0.2, 0.25) is 0 Å². The second-order valence-corrected chi connectivity index (χ2v) is 8.53. The maximum Gasteiger partial charge on any atom is 0.255 e. The van der Waals surface area contributed by atoms with Crippen LogP contribution in [0.3, 0.4) is 0 Å². The molecule has 38 heavy (non-hydrogen) atoms. The maximum absolute atomic E-state index is 13.1. The van der Waals surface area contributed by atoms with Crippen molar-refractivity contribution in [3.05, 3.63) is 91.0 Å². The summed E-state index contributed by atoms with van der Waals surface area (Å²) in [6.45, 7) is 0. The Balaban J connectivity index is 1.31. The summed E-state index contributed by atoms with van der Waals surface area (Å²) in [5, 5.41) is 14.2. The number of rotatable bonds is 7. The van der Waals surface area contributed by atoms with Gasteiger partial charge in [-0.25, -0.2) is 9.97 Å². The third-order valence-corrected chi connectivity index (χ3v) is 6.14. The molecule has 3 aromatic heterocycles. The minimum absolute atomic E-state index is 0.224. The Hall–Kier alpha value is -5.38. The maximum atomic E-state index is 13.1. The minimum Gasteiger partial charge on any atom is -0.493 e. The predicted molar refractivity (Wildman–Crippen MR) is 145 cm³/mol. The fourth-order valence-electron chi connectivity index (χ4n) is 4.24. The minimum atomic E-state index is -0.224. The van der Waals surface area contributed by atoms with E-state index in [9.17, 15) is 4.79 Å². The fraction of sp³-hybridized carbons (Fsp3) is 0.0714. The van der Waals surface area contributed by atoms with Gasteiger partial charge < -0.3 is 24.5 Å². The number of imidazole rings is 1. The number of anilines is 3. The number of aromatic amines is 1. The highest BCUT2D eigenvalue weighted by molar-refractivity contribution is 6.05. The van der Waals surface area contributed by atoms with Crippen molar-refractivity contribution in [2.45, 2.75) is 0 Å². The molecule has 0 saturated carbocycles. The Bertz CT molecular complexity index is 1790. The topological polar surface area (TPSA) is 118 Å². The Kier molecular flexibility index (Phi) is 5.81. The van der Waals surface area contributed by atoms with Crippen molar-refractivity contribution in [1.29, 1.82) is 0 Å². The third-order valence-electron chi connectivity index (χ3n) is 6.14. The number of aromatic nitrogens is 5. The molecule has 0 aliphatic heterocycles. The van der Waals surface area contributed by atoms with Crippen molar-refractivity contribution >= 4 is 39.6 Å². The average Bonchev–Trinajstić information content (AvgIpc) is 3.62. The van der Waals surface area contributed by atoms with Gasteiger partial charge in [0.25, 0.3) is 5.91 Å². The van der Waals surface area contributed by atoms with Crippen LogP contribution >= 0.6 is 0 Å². The van der Waals surface area contributed by atoms with Gasteiger partial charge in [0.1, 0.15) is 0 Å². The number of hydrogen-bond acceptors (Lipinski definition) is 7. The third kappa shape index (κ3) is 4.35. The van der Waals surface area contributed by atoms with Crippen LogP contribution in [0.4, 0.5) is 17.2 Å². The standard InChI is InChI=1S/C28H23N7O3/c1-37-24-9-8-21(14-25(24)38-2)31-26-27-29-10-11-35(27)16-23(33-26)17-4-3-5-18(12-17)28(36)32-20-7-6-19-15-30-34-22(19)13-20/h3-16H,1-2H3,(H,30,34)(H,31,33)(H,32,36). The van der Waals surface area contributed by atoms with Crippen molar-refractivity contribution in [3.63, 3.8) is 0 Å². The molecule has 6 aromatic rings. The average molecular weight is 506 g/mol. The molecule has 10 nitrogen and oxygen atoms in total. The summed E-state index contributed by atoms with van der Waals surface area (Å²) in [6, 6.07) is 18.5. The van der Waals surface area contributed by atoms with Gasteiger partial charge in [0, 0.05) is 52.5 Å². The molecule has 188 valence electrons. The van der Waals surface area contributed by atoms with Gasteiger partial charge in [-0.15, -0.1) is 0 Å². The summed E-state index contributed by atoms with van der Waals surface area (Å²) < 4.78 is 12.7. The summed E-state index contributed by atoms with van der Waals surface area (Å²) in [5.74, 6) is 1.56. The first kappa shape index (κ1) is 23.0. The number of ether oxygens (including phenoxy) is 2. The highest BCUT2D eigenvalue weighted by Crippen LogP contribution is 2.32. The summed E-state index contributed by atoms with van der Waals surface area (Å²) in [6.07, 6.45) is 7.18. The smallest absolute Gasteiger partial charge is 0.255 e. The molecule has 1 amide bonds. The summed E-state index contributed by atoms with van der Waals surface area (Å²) >= 11 is 0. The Morgan fingerprint density at radius 1 is 0.974 bits per heavy atom. The van der Waals surface area contributed by atoms with Gasteiger partial charge in [-0.3, -0.25) is 9.89 Å². The van der Waals surface area contributed by atoms with Gasteiger partial charge in [-0.2, -0.15) is 5.10 Å². The number of nitrogens with zero attached hydrogens (tertiary/aromatic N) is 4. The van der Waals surface area contributed by atoms with E-state index < -0.39 is 0 Å². The molecule has 0 fully saturated rings. The summed E-state index contributed by atoms with van der Waals surface area (Å²) in [7, 11) is 3.18. The van der Waals surface area contributed by atoms with E-state index in [0.717, 1.165) is 22.2 Å². The molecule has 0 aliphatic carbocycles. The van der Waals surface area contributed by atoms with Crippen LogP contribution in [0.5, 0.6) is 11.5 Å². The van der Waals surface area contributed by atoms with Crippen molar-refractivity contribution in [2.24, 2.45) is 0 Å². The number of carbonyl (C=O) groups is 1. The first-order valence-electron chi connectivity index (χ1n) is 11.8. The molecule has 0 saturated heterocycles. The fourth-order valence-corrected chi connectivity index (χ4v) is 4.24. The number of fused-ring (bicyclic) bond motifs is 2. The second-order valence-electron chi connectivity index (χ2n) is 8.53. The lowest BCUT2D eigenvalue weighted by atomic mass is 10.1. The zero-order valence-corrected chi connectivity index (χ0v) is 20.6. The van der Waals surface area contributed by atoms with Gasteiger partial charge in [0.05, 0.1) is 31.6 Å².